The maximum absolute atomic E-state index is 13.1. The quantitative estimate of drug-likeness (QED) is 0.427. The summed E-state index contributed by atoms with van der Waals surface area (Å²) in [6.45, 7) is 0. The minimum absolute atomic E-state index is 0.233. The molecule has 0 bridgehead atoms. The van der Waals surface area contributed by atoms with E-state index in [1.807, 2.05) is 78.9 Å². The fourth-order valence-corrected chi connectivity index (χ4v) is 3.57. The second-order valence-corrected chi connectivity index (χ2v) is 6.97. The SMILES string of the molecule is O=C(N[C@@H](Cc1ccccc1)c1nc2ccccc2[nH]1)c1n[nH]c2ccccc12. The highest BCUT2D eigenvalue weighted by Crippen LogP contribution is 2.22. The fraction of sp³-hybridized carbons (Fsp3) is 0.0870. The number of aromatic nitrogens is 4. The van der Waals surface area contributed by atoms with Crippen LogP contribution >= 0.6 is 0 Å². The third kappa shape index (κ3) is 3.36. The molecule has 0 radical (unpaired) electrons. The summed E-state index contributed by atoms with van der Waals surface area (Å²) in [7, 11) is 0. The van der Waals surface area contributed by atoms with E-state index in [-0.39, 0.29) is 11.9 Å². The highest BCUT2D eigenvalue weighted by atomic mass is 16.2. The number of nitrogens with one attached hydrogen (secondary N) is 3. The molecule has 2 aromatic heterocycles. The molecule has 5 rings (SSSR count). The first-order chi connectivity index (χ1) is 14.3. The highest BCUT2D eigenvalue weighted by molar-refractivity contribution is 6.04. The van der Waals surface area contributed by atoms with Gasteiger partial charge in [-0.05, 0) is 30.2 Å². The zero-order chi connectivity index (χ0) is 19.6. The number of H-pyrrole nitrogens is 2. The number of fused-ring (bicyclic) bond motifs is 2. The molecule has 1 atom stereocenters. The maximum atomic E-state index is 13.1. The molecule has 0 spiro atoms. The lowest BCUT2D eigenvalue weighted by Gasteiger charge is -2.16. The third-order valence-electron chi connectivity index (χ3n) is 5.01. The predicted molar refractivity (Wildman–Crippen MR) is 113 cm³/mol. The zero-order valence-electron chi connectivity index (χ0n) is 15.6. The molecule has 0 saturated heterocycles. The molecule has 0 saturated carbocycles. The van der Waals surface area contributed by atoms with Gasteiger partial charge in [0.2, 0.25) is 0 Å². The molecule has 0 unspecified atom stereocenters. The number of rotatable bonds is 5. The molecule has 1 amide bonds. The van der Waals surface area contributed by atoms with Gasteiger partial charge in [-0.3, -0.25) is 9.89 Å². The average Bonchev–Trinajstić information content (AvgIpc) is 3.38. The Morgan fingerprint density at radius 1 is 0.897 bits per heavy atom. The molecule has 2 heterocycles. The lowest BCUT2D eigenvalue weighted by atomic mass is 10.0. The van der Waals surface area contributed by atoms with Crippen LogP contribution in [-0.2, 0) is 6.42 Å². The maximum Gasteiger partial charge on any atom is 0.273 e. The molecule has 29 heavy (non-hydrogen) atoms. The Morgan fingerprint density at radius 3 is 2.45 bits per heavy atom. The topological polar surface area (TPSA) is 86.5 Å². The fourth-order valence-electron chi connectivity index (χ4n) is 3.57. The van der Waals surface area contributed by atoms with Crippen molar-refractivity contribution in [3.8, 4) is 0 Å². The number of benzene rings is 3. The van der Waals surface area contributed by atoms with Gasteiger partial charge in [0.25, 0.3) is 5.91 Å². The smallest absolute Gasteiger partial charge is 0.273 e. The minimum Gasteiger partial charge on any atom is -0.340 e. The monoisotopic (exact) mass is 381 g/mol. The van der Waals surface area contributed by atoms with Crippen molar-refractivity contribution in [3.63, 3.8) is 0 Å². The van der Waals surface area contributed by atoms with E-state index in [4.69, 9.17) is 4.98 Å². The first-order valence-electron chi connectivity index (χ1n) is 9.50. The normalized spacial score (nSPS) is 12.3. The number of imidazole rings is 1. The van der Waals surface area contributed by atoms with Crippen molar-refractivity contribution in [3.05, 3.63) is 95.9 Å². The van der Waals surface area contributed by atoms with Crippen molar-refractivity contribution < 1.29 is 4.79 Å². The first kappa shape index (κ1) is 17.2. The Kier molecular flexibility index (Phi) is 4.29. The molecule has 3 N–H and O–H groups in total. The average molecular weight is 381 g/mol. The highest BCUT2D eigenvalue weighted by Gasteiger charge is 2.22. The van der Waals surface area contributed by atoms with Gasteiger partial charge in [0.1, 0.15) is 5.82 Å². The van der Waals surface area contributed by atoms with Crippen LogP contribution in [0.4, 0.5) is 0 Å². The van der Waals surface area contributed by atoms with Crippen LogP contribution in [0.5, 0.6) is 0 Å². The van der Waals surface area contributed by atoms with Crippen LogP contribution in [0.25, 0.3) is 21.9 Å². The molecule has 0 aliphatic heterocycles. The summed E-state index contributed by atoms with van der Waals surface area (Å²) in [4.78, 5) is 21.1. The Morgan fingerprint density at radius 2 is 1.62 bits per heavy atom. The second-order valence-electron chi connectivity index (χ2n) is 6.97. The standard InChI is InChI=1S/C23H19N5O/c29-23(21-16-10-4-5-11-17(16)27-28-21)26-20(14-15-8-2-1-3-9-15)22-24-18-12-6-7-13-19(18)25-22/h1-13,20H,14H2,(H,24,25)(H,26,29)(H,27,28)/t20-/m0/s1. The molecule has 6 heteroatoms. The van der Waals surface area contributed by atoms with E-state index in [0.717, 1.165) is 33.3 Å². The van der Waals surface area contributed by atoms with E-state index in [1.54, 1.807) is 0 Å². The largest absolute Gasteiger partial charge is 0.340 e. The van der Waals surface area contributed by atoms with Crippen molar-refractivity contribution in [2.75, 3.05) is 0 Å². The summed E-state index contributed by atoms with van der Waals surface area (Å²) >= 11 is 0. The van der Waals surface area contributed by atoms with Crippen LogP contribution in [0, 0.1) is 0 Å². The summed E-state index contributed by atoms with van der Waals surface area (Å²) in [5, 5.41) is 11.1. The third-order valence-corrected chi connectivity index (χ3v) is 5.01. The summed E-state index contributed by atoms with van der Waals surface area (Å²) in [5.74, 6) is 0.493. The number of carbonyl (C=O) groups excluding carboxylic acids is 1. The van der Waals surface area contributed by atoms with Gasteiger partial charge in [-0.15, -0.1) is 0 Å². The van der Waals surface area contributed by atoms with Crippen molar-refractivity contribution in [1.82, 2.24) is 25.5 Å². The van der Waals surface area contributed by atoms with Gasteiger partial charge in [-0.1, -0.05) is 60.7 Å². The van der Waals surface area contributed by atoms with Gasteiger partial charge in [-0.25, -0.2) is 4.98 Å². The number of aromatic amines is 2. The van der Waals surface area contributed by atoms with E-state index >= 15 is 0 Å². The molecular formula is C23H19N5O. The molecule has 5 aromatic rings. The van der Waals surface area contributed by atoms with Crippen LogP contribution in [0.15, 0.2) is 78.9 Å². The van der Waals surface area contributed by atoms with Crippen molar-refractivity contribution in [2.24, 2.45) is 0 Å². The molecule has 3 aromatic carbocycles. The Balaban J connectivity index is 1.50. The predicted octanol–water partition coefficient (Wildman–Crippen LogP) is 4.15. The summed E-state index contributed by atoms with van der Waals surface area (Å²) in [6, 6.07) is 25.2. The number of hydrogen-bond donors (Lipinski definition) is 3. The van der Waals surface area contributed by atoms with E-state index < -0.39 is 0 Å². The Hall–Kier alpha value is -3.93. The number of nitrogens with zero attached hydrogens (tertiary/aromatic N) is 2. The molecule has 0 fully saturated rings. The van der Waals surface area contributed by atoms with Crippen LogP contribution in [0.2, 0.25) is 0 Å². The summed E-state index contributed by atoms with van der Waals surface area (Å²) < 4.78 is 0. The molecule has 6 nitrogen and oxygen atoms in total. The zero-order valence-corrected chi connectivity index (χ0v) is 15.6. The van der Waals surface area contributed by atoms with Crippen LogP contribution in [-0.4, -0.2) is 26.1 Å². The Bertz CT molecular complexity index is 1260. The van der Waals surface area contributed by atoms with E-state index in [9.17, 15) is 4.79 Å². The van der Waals surface area contributed by atoms with Gasteiger partial charge in [0, 0.05) is 5.39 Å². The van der Waals surface area contributed by atoms with Crippen molar-refractivity contribution in [1.29, 1.82) is 0 Å². The van der Waals surface area contributed by atoms with Gasteiger partial charge in [-0.2, -0.15) is 5.10 Å². The number of para-hydroxylation sites is 3. The van der Waals surface area contributed by atoms with E-state index in [2.05, 4.69) is 20.5 Å². The minimum atomic E-state index is -0.312. The first-order valence-corrected chi connectivity index (χ1v) is 9.50. The lowest BCUT2D eigenvalue weighted by molar-refractivity contribution is 0.0931. The van der Waals surface area contributed by atoms with Gasteiger partial charge in [0.05, 0.1) is 22.6 Å². The lowest BCUT2D eigenvalue weighted by Crippen LogP contribution is -2.31. The van der Waals surface area contributed by atoms with Gasteiger partial charge in [0.15, 0.2) is 5.69 Å². The van der Waals surface area contributed by atoms with Crippen LogP contribution in [0.3, 0.4) is 0 Å². The Labute approximate surface area is 167 Å². The van der Waals surface area contributed by atoms with Gasteiger partial charge < -0.3 is 10.3 Å². The molecular weight excluding hydrogens is 362 g/mol. The van der Waals surface area contributed by atoms with E-state index in [0.29, 0.717) is 12.1 Å². The molecule has 0 aliphatic carbocycles. The molecule has 0 aliphatic rings. The van der Waals surface area contributed by atoms with E-state index in [1.165, 1.54) is 0 Å². The number of hydrogen-bond acceptors (Lipinski definition) is 3. The number of carbonyl (C=O) groups is 1. The summed E-state index contributed by atoms with van der Waals surface area (Å²) in [5.41, 5.74) is 4.15. The number of amides is 1. The van der Waals surface area contributed by atoms with Crippen molar-refractivity contribution in [2.45, 2.75) is 12.5 Å². The van der Waals surface area contributed by atoms with Crippen LogP contribution in [0.1, 0.15) is 27.9 Å². The molecule has 142 valence electrons. The van der Waals surface area contributed by atoms with Crippen LogP contribution < -0.4 is 5.32 Å². The van der Waals surface area contributed by atoms with Crippen molar-refractivity contribution >= 4 is 27.8 Å². The second kappa shape index (κ2) is 7.24. The van der Waals surface area contributed by atoms with Gasteiger partial charge >= 0.3 is 0 Å². The summed E-state index contributed by atoms with van der Waals surface area (Å²) in [6.07, 6.45) is 0.620.